The van der Waals surface area contributed by atoms with E-state index < -0.39 is 0 Å². The van der Waals surface area contributed by atoms with E-state index >= 15 is 0 Å². The van der Waals surface area contributed by atoms with Crippen molar-refractivity contribution in [3.63, 3.8) is 0 Å². The van der Waals surface area contributed by atoms with Crippen LogP contribution >= 0.6 is 27.5 Å². The second-order valence-corrected chi connectivity index (χ2v) is 6.40. The highest BCUT2D eigenvalue weighted by molar-refractivity contribution is 9.10. The molecule has 0 aliphatic carbocycles. The fraction of sp³-hybridized carbons (Fsp3) is 0.294. The van der Waals surface area contributed by atoms with E-state index in [4.69, 9.17) is 17.3 Å². The molecule has 0 aliphatic heterocycles. The van der Waals surface area contributed by atoms with Crippen LogP contribution in [-0.4, -0.2) is 18.5 Å². The normalized spacial score (nSPS) is 14.2. The number of rotatable bonds is 5. The molecule has 0 heterocycles. The van der Waals surface area contributed by atoms with E-state index in [0.29, 0.717) is 6.54 Å². The average Bonchev–Trinajstić information content (AvgIpc) is 2.49. The van der Waals surface area contributed by atoms with Crippen molar-refractivity contribution in [2.24, 2.45) is 5.73 Å². The second-order valence-electron chi connectivity index (χ2n) is 5.14. The van der Waals surface area contributed by atoms with Gasteiger partial charge in [0.25, 0.3) is 0 Å². The number of nitrogens with two attached hydrogens (primary N) is 1. The van der Waals surface area contributed by atoms with Crippen LogP contribution in [0.1, 0.15) is 30.1 Å². The van der Waals surface area contributed by atoms with Crippen LogP contribution in [0.2, 0.25) is 5.02 Å². The summed E-state index contributed by atoms with van der Waals surface area (Å²) in [6.07, 6.45) is 0. The van der Waals surface area contributed by atoms with Crippen LogP contribution in [0, 0.1) is 0 Å². The van der Waals surface area contributed by atoms with Crippen LogP contribution in [0.25, 0.3) is 0 Å². The van der Waals surface area contributed by atoms with Gasteiger partial charge in [-0.2, -0.15) is 0 Å². The number of hydrogen-bond acceptors (Lipinski definition) is 2. The maximum atomic E-state index is 6.32. The van der Waals surface area contributed by atoms with Crippen LogP contribution in [0.15, 0.2) is 53.0 Å². The van der Waals surface area contributed by atoms with Crippen molar-refractivity contribution in [3.8, 4) is 0 Å². The molecule has 0 fully saturated rings. The van der Waals surface area contributed by atoms with Gasteiger partial charge in [0.1, 0.15) is 0 Å². The lowest BCUT2D eigenvalue weighted by molar-refractivity contribution is 0.190. The third kappa shape index (κ3) is 3.67. The van der Waals surface area contributed by atoms with Crippen molar-refractivity contribution in [3.05, 3.63) is 69.2 Å². The summed E-state index contributed by atoms with van der Waals surface area (Å²) in [4.78, 5) is 2.27. The maximum Gasteiger partial charge on any atom is 0.0484 e. The van der Waals surface area contributed by atoms with Gasteiger partial charge in [-0.05, 0) is 37.2 Å². The Balaban J connectivity index is 2.31. The first-order valence-corrected chi connectivity index (χ1v) is 8.14. The van der Waals surface area contributed by atoms with E-state index in [9.17, 15) is 0 Å². The van der Waals surface area contributed by atoms with Crippen molar-refractivity contribution >= 4 is 27.5 Å². The first-order valence-electron chi connectivity index (χ1n) is 6.97. The summed E-state index contributed by atoms with van der Waals surface area (Å²) in [6, 6.07) is 16.5. The number of hydrogen-bond donors (Lipinski definition) is 1. The van der Waals surface area contributed by atoms with Gasteiger partial charge >= 0.3 is 0 Å². The van der Waals surface area contributed by atoms with E-state index in [2.05, 4.69) is 46.9 Å². The minimum absolute atomic E-state index is 0.131. The molecular formula is C17H20BrClN2. The zero-order chi connectivity index (χ0) is 15.4. The van der Waals surface area contributed by atoms with Crippen molar-refractivity contribution < 1.29 is 0 Å². The van der Waals surface area contributed by atoms with Gasteiger partial charge in [-0.15, -0.1) is 0 Å². The highest BCUT2D eigenvalue weighted by atomic mass is 79.9. The molecule has 0 spiro atoms. The Morgan fingerprint density at radius 3 is 2.24 bits per heavy atom. The van der Waals surface area contributed by atoms with Crippen LogP contribution in [0.3, 0.4) is 0 Å². The molecule has 0 aromatic heterocycles. The largest absolute Gasteiger partial charge is 0.329 e. The smallest absolute Gasteiger partial charge is 0.0484 e. The Kier molecular flexibility index (Phi) is 5.82. The lowest BCUT2D eigenvalue weighted by atomic mass is 10.0. The predicted octanol–water partition coefficient (Wildman–Crippen LogP) is 4.80. The van der Waals surface area contributed by atoms with E-state index in [-0.39, 0.29) is 12.1 Å². The number of nitrogens with zero attached hydrogens (tertiary/aromatic N) is 1. The summed E-state index contributed by atoms with van der Waals surface area (Å²) in [6.45, 7) is 2.70. The molecule has 2 aromatic carbocycles. The Morgan fingerprint density at radius 1 is 1.10 bits per heavy atom. The average molecular weight is 368 g/mol. The zero-order valence-electron chi connectivity index (χ0n) is 12.3. The molecule has 0 saturated carbocycles. The third-order valence-corrected chi connectivity index (χ3v) is 5.01. The Labute approximate surface area is 140 Å². The summed E-state index contributed by atoms with van der Waals surface area (Å²) < 4.78 is 1.08. The molecule has 2 nitrogen and oxygen atoms in total. The highest BCUT2D eigenvalue weighted by Gasteiger charge is 2.23. The van der Waals surface area contributed by atoms with Crippen LogP contribution in [0.5, 0.6) is 0 Å². The SMILES string of the molecule is CC(c1ccccc1Cl)N(C)C(CN)c1ccccc1Br. The molecule has 0 radical (unpaired) electrons. The quantitative estimate of drug-likeness (QED) is 0.823. The monoisotopic (exact) mass is 366 g/mol. The maximum absolute atomic E-state index is 6.32. The summed E-state index contributed by atoms with van der Waals surface area (Å²) in [5.41, 5.74) is 8.35. The van der Waals surface area contributed by atoms with E-state index in [1.807, 2.05) is 36.4 Å². The van der Waals surface area contributed by atoms with Crippen LogP contribution in [0.4, 0.5) is 0 Å². The van der Waals surface area contributed by atoms with Gasteiger partial charge in [0.05, 0.1) is 0 Å². The first-order chi connectivity index (χ1) is 10.1. The summed E-state index contributed by atoms with van der Waals surface area (Å²) in [7, 11) is 2.09. The standard InChI is InChI=1S/C17H20BrClN2/c1-12(13-7-4-6-10-16(13)19)21(2)17(11-20)14-8-3-5-9-15(14)18/h3-10,12,17H,11,20H2,1-2H3. The lowest BCUT2D eigenvalue weighted by Crippen LogP contribution is -2.33. The van der Waals surface area contributed by atoms with Gasteiger partial charge in [0, 0.05) is 28.1 Å². The number of benzene rings is 2. The summed E-state index contributed by atoms with van der Waals surface area (Å²) >= 11 is 9.94. The molecule has 2 rings (SSSR count). The van der Waals surface area contributed by atoms with E-state index in [1.54, 1.807) is 0 Å². The Hall–Kier alpha value is -0.870. The summed E-state index contributed by atoms with van der Waals surface area (Å²) in [5.74, 6) is 0. The molecule has 0 aliphatic rings. The fourth-order valence-corrected chi connectivity index (χ4v) is 3.40. The van der Waals surface area contributed by atoms with Gasteiger partial charge < -0.3 is 5.73 Å². The molecule has 2 unspecified atom stereocenters. The topological polar surface area (TPSA) is 29.3 Å². The highest BCUT2D eigenvalue weighted by Crippen LogP contribution is 2.34. The second kappa shape index (κ2) is 7.41. The molecule has 21 heavy (non-hydrogen) atoms. The molecule has 0 saturated heterocycles. The van der Waals surface area contributed by atoms with Gasteiger partial charge in [0.15, 0.2) is 0 Å². The molecule has 112 valence electrons. The Bertz CT molecular complexity index is 603. The van der Waals surface area contributed by atoms with Crippen LogP contribution < -0.4 is 5.73 Å². The van der Waals surface area contributed by atoms with Crippen molar-refractivity contribution in [1.29, 1.82) is 0 Å². The first kappa shape index (κ1) is 16.5. The third-order valence-electron chi connectivity index (χ3n) is 3.95. The molecule has 4 heteroatoms. The zero-order valence-corrected chi connectivity index (χ0v) is 14.6. The number of halogens is 2. The van der Waals surface area contributed by atoms with Crippen molar-refractivity contribution in [1.82, 2.24) is 4.90 Å². The number of likely N-dealkylation sites (N-methyl/N-ethyl adjacent to an activating group) is 1. The lowest BCUT2D eigenvalue weighted by Gasteiger charge is -2.34. The van der Waals surface area contributed by atoms with Crippen molar-refractivity contribution in [2.45, 2.75) is 19.0 Å². The molecule has 0 amide bonds. The van der Waals surface area contributed by atoms with E-state index in [0.717, 1.165) is 15.1 Å². The minimum atomic E-state index is 0.131. The molecule has 0 bridgehead atoms. The van der Waals surface area contributed by atoms with Gasteiger partial charge in [-0.1, -0.05) is 63.9 Å². The summed E-state index contributed by atoms with van der Waals surface area (Å²) in [5, 5.41) is 0.791. The molecule has 2 N–H and O–H groups in total. The van der Waals surface area contributed by atoms with Crippen LogP contribution in [-0.2, 0) is 0 Å². The van der Waals surface area contributed by atoms with E-state index in [1.165, 1.54) is 5.56 Å². The molecule has 2 atom stereocenters. The predicted molar refractivity (Wildman–Crippen MR) is 93.6 cm³/mol. The minimum Gasteiger partial charge on any atom is -0.329 e. The van der Waals surface area contributed by atoms with Gasteiger partial charge in [0.2, 0.25) is 0 Å². The molecular weight excluding hydrogens is 348 g/mol. The Morgan fingerprint density at radius 2 is 1.67 bits per heavy atom. The molecule has 2 aromatic rings. The van der Waals surface area contributed by atoms with Gasteiger partial charge in [-0.25, -0.2) is 0 Å². The van der Waals surface area contributed by atoms with Crippen molar-refractivity contribution in [2.75, 3.05) is 13.6 Å². The fourth-order valence-electron chi connectivity index (χ4n) is 2.56. The van der Waals surface area contributed by atoms with Gasteiger partial charge in [-0.3, -0.25) is 4.90 Å².